The minimum atomic E-state index is -3.98. The number of methoxy groups -OCH3 is 1. The SMILES string of the molecule is CCc1nc2ccc(OC)cc2c2c1O[C@]1(CC2)C[C@H]2C(=O)N[C@]3(C(=O)NS(=O)(=O)C4(C)CC4)C[C@H]3/C=C\CCCCC[C@H](CC(=O)OCC(C)(C)C)C(=O)N2C1. The Hall–Kier alpha value is -4.20. The zero-order valence-corrected chi connectivity index (χ0v) is 35.0. The van der Waals surface area contributed by atoms with E-state index < -0.39 is 61.6 Å². The first-order valence-electron chi connectivity index (χ1n) is 20.6. The molecule has 3 aliphatic heterocycles. The van der Waals surface area contributed by atoms with Crippen LogP contribution in [0.15, 0.2) is 30.4 Å². The Balaban J connectivity index is 1.24. The summed E-state index contributed by atoms with van der Waals surface area (Å²) in [6.07, 6.45) is 10.2. The van der Waals surface area contributed by atoms with Gasteiger partial charge in [-0.15, -0.1) is 0 Å². The summed E-state index contributed by atoms with van der Waals surface area (Å²) in [5, 5.41) is 3.90. The molecule has 2 aliphatic carbocycles. The molecule has 1 aromatic heterocycles. The van der Waals surface area contributed by atoms with Crippen LogP contribution in [0, 0.1) is 17.3 Å². The van der Waals surface area contributed by atoms with Crippen molar-refractivity contribution in [3.05, 3.63) is 41.6 Å². The molecule has 14 heteroatoms. The number of esters is 1. The van der Waals surface area contributed by atoms with E-state index in [2.05, 4.69) is 10.0 Å². The van der Waals surface area contributed by atoms with Gasteiger partial charge in [-0.05, 0) is 88.3 Å². The van der Waals surface area contributed by atoms with Crippen LogP contribution >= 0.6 is 0 Å². The second kappa shape index (κ2) is 15.2. The molecule has 0 bridgehead atoms. The van der Waals surface area contributed by atoms with E-state index in [1.165, 1.54) is 0 Å². The quantitative estimate of drug-likeness (QED) is 0.258. The van der Waals surface area contributed by atoms with Crippen LogP contribution in [0.3, 0.4) is 0 Å². The molecule has 57 heavy (non-hydrogen) atoms. The van der Waals surface area contributed by atoms with E-state index in [-0.39, 0.29) is 43.7 Å². The van der Waals surface area contributed by atoms with E-state index in [4.69, 9.17) is 19.2 Å². The number of allylic oxidation sites excluding steroid dienone is 1. The number of fused-ring (bicyclic) bond motifs is 5. The zero-order chi connectivity index (χ0) is 41.0. The lowest BCUT2D eigenvalue weighted by molar-refractivity contribution is -0.152. The minimum absolute atomic E-state index is 0.0888. The fourth-order valence-electron chi connectivity index (χ4n) is 8.63. The van der Waals surface area contributed by atoms with E-state index in [1.54, 1.807) is 18.9 Å². The number of rotatable bonds is 8. The van der Waals surface area contributed by atoms with Crippen molar-refractivity contribution in [1.82, 2.24) is 19.9 Å². The van der Waals surface area contributed by atoms with Crippen LogP contribution in [-0.2, 0) is 46.8 Å². The molecule has 13 nitrogen and oxygen atoms in total. The van der Waals surface area contributed by atoms with Gasteiger partial charge in [0.2, 0.25) is 21.8 Å². The Labute approximate surface area is 336 Å². The van der Waals surface area contributed by atoms with Gasteiger partial charge < -0.3 is 24.4 Å². The molecule has 1 spiro atoms. The van der Waals surface area contributed by atoms with Crippen LogP contribution in [-0.4, -0.2) is 84.2 Å². The van der Waals surface area contributed by atoms with Crippen molar-refractivity contribution in [3.63, 3.8) is 0 Å². The Morgan fingerprint density at radius 1 is 1.11 bits per heavy atom. The van der Waals surface area contributed by atoms with Crippen molar-refractivity contribution < 1.29 is 41.8 Å². The third-order valence-corrected chi connectivity index (χ3v) is 14.8. The maximum atomic E-state index is 14.9. The van der Waals surface area contributed by atoms with Gasteiger partial charge in [0.05, 0.1) is 42.6 Å². The fourth-order valence-corrected chi connectivity index (χ4v) is 9.94. The maximum Gasteiger partial charge on any atom is 0.306 e. The van der Waals surface area contributed by atoms with Crippen LogP contribution in [0.5, 0.6) is 11.5 Å². The fraction of sp³-hybridized carbons (Fsp3) is 0.651. The number of ether oxygens (including phenoxy) is 3. The van der Waals surface area contributed by atoms with Crippen LogP contribution in [0.2, 0.25) is 0 Å². The minimum Gasteiger partial charge on any atom is -0.497 e. The van der Waals surface area contributed by atoms with Crippen molar-refractivity contribution in [2.24, 2.45) is 17.3 Å². The highest BCUT2D eigenvalue weighted by Crippen LogP contribution is 2.49. The van der Waals surface area contributed by atoms with Crippen molar-refractivity contribution in [1.29, 1.82) is 0 Å². The average molecular weight is 807 g/mol. The molecule has 2 N–H and O–H groups in total. The van der Waals surface area contributed by atoms with Crippen LogP contribution in [0.25, 0.3) is 10.9 Å². The number of amides is 3. The maximum absolute atomic E-state index is 14.9. The van der Waals surface area contributed by atoms with Crippen molar-refractivity contribution in [2.75, 3.05) is 20.3 Å². The lowest BCUT2D eigenvalue weighted by Crippen LogP contribution is -2.57. The predicted molar refractivity (Wildman–Crippen MR) is 214 cm³/mol. The van der Waals surface area contributed by atoms with E-state index >= 15 is 0 Å². The lowest BCUT2D eigenvalue weighted by Gasteiger charge is -2.37. The zero-order valence-electron chi connectivity index (χ0n) is 34.2. The Bertz CT molecular complexity index is 2090. The molecule has 4 heterocycles. The van der Waals surface area contributed by atoms with Gasteiger partial charge >= 0.3 is 5.97 Å². The van der Waals surface area contributed by atoms with Gasteiger partial charge in [-0.3, -0.25) is 23.9 Å². The molecule has 1 aromatic carbocycles. The number of sulfonamides is 1. The molecule has 2 saturated carbocycles. The molecular weight excluding hydrogens is 749 g/mol. The lowest BCUT2D eigenvalue weighted by atomic mass is 9.87. The Morgan fingerprint density at radius 3 is 2.58 bits per heavy atom. The molecule has 0 radical (unpaired) electrons. The number of carbonyl (C=O) groups excluding carboxylic acids is 4. The predicted octanol–water partition coefficient (Wildman–Crippen LogP) is 5.46. The number of benzene rings is 1. The number of nitrogens with one attached hydrogen (secondary N) is 2. The molecule has 1 saturated heterocycles. The molecule has 3 amide bonds. The van der Waals surface area contributed by atoms with Crippen LogP contribution in [0.4, 0.5) is 0 Å². The highest BCUT2D eigenvalue weighted by Gasteiger charge is 2.64. The summed E-state index contributed by atoms with van der Waals surface area (Å²) in [6.45, 7) is 9.82. The molecule has 3 fully saturated rings. The van der Waals surface area contributed by atoms with E-state index in [1.807, 2.05) is 58.0 Å². The monoisotopic (exact) mass is 806 g/mol. The normalized spacial score (nSPS) is 29.1. The third kappa shape index (κ3) is 8.25. The van der Waals surface area contributed by atoms with E-state index in [9.17, 15) is 27.6 Å². The molecule has 310 valence electrons. The molecule has 5 atom stereocenters. The van der Waals surface area contributed by atoms with Gasteiger partial charge in [0.25, 0.3) is 5.91 Å². The second-order valence-corrected chi connectivity index (χ2v) is 20.6. The summed E-state index contributed by atoms with van der Waals surface area (Å²) in [4.78, 5) is 63.4. The van der Waals surface area contributed by atoms with Gasteiger partial charge in [-0.2, -0.15) is 0 Å². The highest BCUT2D eigenvalue weighted by molar-refractivity contribution is 7.91. The van der Waals surface area contributed by atoms with Gasteiger partial charge in [-0.25, -0.2) is 13.4 Å². The summed E-state index contributed by atoms with van der Waals surface area (Å²) in [5.41, 5.74) is -0.118. The second-order valence-electron chi connectivity index (χ2n) is 18.4. The highest BCUT2D eigenvalue weighted by atomic mass is 32.2. The summed E-state index contributed by atoms with van der Waals surface area (Å²) in [7, 11) is -2.37. The van der Waals surface area contributed by atoms with Crippen LogP contribution in [0.1, 0.15) is 117 Å². The Kier molecular flexibility index (Phi) is 10.9. The average Bonchev–Trinajstić information content (AvgIpc) is 4.06. The first-order valence-corrected chi connectivity index (χ1v) is 22.1. The first-order chi connectivity index (χ1) is 26.9. The smallest absolute Gasteiger partial charge is 0.306 e. The molecule has 5 aliphatic rings. The standard InChI is InChI=1S/C43H58N4O9S/c1-7-32-36-30(31-22-29(54-6)15-16-33(31)44-32)17-18-42(56-36)24-34-37(49)45-43(39(51)46-57(52,53)41(5)19-20-41)23-28(43)14-12-10-8-9-11-13-27(38(50)47(34)25-42)21-35(48)55-26-40(2,3)4/h12,14-16,22,27-28,34H,7-11,13,17-21,23-26H2,1-6H3,(H,45,49)(H,46,51)/b14-12-/t27-,28-,34+,42-,43-/m1/s1. The third-order valence-electron chi connectivity index (χ3n) is 12.6. The summed E-state index contributed by atoms with van der Waals surface area (Å²) < 4.78 is 46.0. The summed E-state index contributed by atoms with van der Waals surface area (Å²) >= 11 is 0. The van der Waals surface area contributed by atoms with E-state index in [0.717, 1.165) is 41.4 Å². The van der Waals surface area contributed by atoms with E-state index in [0.29, 0.717) is 56.4 Å². The number of nitrogens with zero attached hydrogens (tertiary/aromatic N) is 2. The number of hydrogen-bond donors (Lipinski definition) is 2. The van der Waals surface area contributed by atoms with Crippen molar-refractivity contribution in [3.8, 4) is 11.5 Å². The number of carbonyl (C=O) groups is 4. The largest absolute Gasteiger partial charge is 0.497 e. The molecule has 0 unspecified atom stereocenters. The molecular formula is C43H58N4O9S. The number of aryl methyl sites for hydroxylation is 2. The number of hydrogen-bond acceptors (Lipinski definition) is 10. The topological polar surface area (TPSA) is 170 Å². The molecule has 7 rings (SSSR count). The van der Waals surface area contributed by atoms with Crippen molar-refractivity contribution in [2.45, 2.75) is 140 Å². The van der Waals surface area contributed by atoms with Gasteiger partial charge in [0.15, 0.2) is 0 Å². The van der Waals surface area contributed by atoms with Gasteiger partial charge in [0, 0.05) is 29.2 Å². The summed E-state index contributed by atoms with van der Waals surface area (Å²) in [6, 6.07) is 4.71. The van der Waals surface area contributed by atoms with Crippen LogP contribution < -0.4 is 19.5 Å². The molecule has 2 aromatic rings. The number of pyridine rings is 1. The Morgan fingerprint density at radius 2 is 1.88 bits per heavy atom. The van der Waals surface area contributed by atoms with Gasteiger partial charge in [0.1, 0.15) is 28.7 Å². The number of aromatic nitrogens is 1. The summed E-state index contributed by atoms with van der Waals surface area (Å²) in [5.74, 6) is -1.95. The first kappa shape index (κ1) is 41.0. The van der Waals surface area contributed by atoms with Crippen molar-refractivity contribution >= 4 is 44.6 Å². The van der Waals surface area contributed by atoms with Gasteiger partial charge in [-0.1, -0.05) is 52.7 Å².